The molecule has 0 saturated carbocycles. The van der Waals surface area contributed by atoms with Crippen molar-refractivity contribution >= 4 is 8.07 Å². The van der Waals surface area contributed by atoms with Gasteiger partial charge in [0, 0.05) is 13.6 Å². The molecule has 0 atom stereocenters. The van der Waals surface area contributed by atoms with Crippen LogP contribution >= 0.6 is 0 Å². The molecule has 1 saturated heterocycles. The highest BCUT2D eigenvalue weighted by Crippen LogP contribution is 2.28. The van der Waals surface area contributed by atoms with Crippen LogP contribution in [0.25, 0.3) is 0 Å². The van der Waals surface area contributed by atoms with Crippen molar-refractivity contribution in [3.8, 4) is 0 Å². The molecule has 1 aliphatic rings. The van der Waals surface area contributed by atoms with Crippen LogP contribution in [0, 0.1) is 0 Å². The third-order valence-corrected chi connectivity index (χ3v) is 3.53. The quantitative estimate of drug-likeness (QED) is 0.429. The van der Waals surface area contributed by atoms with Crippen LogP contribution in [0.5, 0.6) is 0 Å². The van der Waals surface area contributed by atoms with E-state index in [1.807, 2.05) is 0 Å². The van der Waals surface area contributed by atoms with Gasteiger partial charge in [-0.25, -0.2) is 0 Å². The maximum absolute atomic E-state index is 7.63. The molecule has 0 spiro atoms. The van der Waals surface area contributed by atoms with Gasteiger partial charge in [-0.05, 0) is 0 Å². The summed E-state index contributed by atoms with van der Waals surface area (Å²) in [7, 11) is -2.33. The molecule has 0 bridgehead atoms. The summed E-state index contributed by atoms with van der Waals surface area (Å²) in [6.07, 6.45) is 0.804. The smallest absolute Gasteiger partial charge is 0.0473 e. The molecule has 0 N–H and O–H groups in total. The van der Waals surface area contributed by atoms with Crippen LogP contribution < -0.4 is 0 Å². The van der Waals surface area contributed by atoms with E-state index in [0.29, 0.717) is 12.8 Å². The van der Waals surface area contributed by atoms with Crippen LogP contribution in [0.3, 0.4) is 0 Å². The van der Waals surface area contributed by atoms with Crippen molar-refractivity contribution < 1.29 is 5.48 Å². The Morgan fingerprint density at radius 3 is 1.86 bits per heavy atom. The number of hydrogen-bond acceptors (Lipinski definition) is 0. The fraction of sp³-hybridized carbons (Fsp3) is 1.00. The van der Waals surface area contributed by atoms with Crippen molar-refractivity contribution in [2.75, 3.05) is 0 Å². The van der Waals surface area contributed by atoms with Crippen LogP contribution in [-0.4, -0.2) is 8.07 Å². The largest absolute Gasteiger partial charge is 0.0693 e. The Balaban J connectivity index is 3.00. The van der Waals surface area contributed by atoms with Gasteiger partial charge in [0.05, 0.1) is 0 Å². The summed E-state index contributed by atoms with van der Waals surface area (Å²) in [5.74, 6) is -2.42. The Hall–Kier alpha value is 0.217. The van der Waals surface area contributed by atoms with Gasteiger partial charge in [-0.2, -0.15) is 0 Å². The minimum atomic E-state index is -2.33. The van der Waals surface area contributed by atoms with Crippen LogP contribution in [-0.2, 0) is 0 Å². The van der Waals surface area contributed by atoms with Gasteiger partial charge < -0.3 is 0 Å². The van der Waals surface area contributed by atoms with Crippen LogP contribution in [0.15, 0.2) is 0 Å². The minimum absolute atomic E-state index is 0.402. The van der Waals surface area contributed by atoms with Crippen molar-refractivity contribution in [1.82, 2.24) is 0 Å². The molecule has 1 aliphatic heterocycles. The van der Waals surface area contributed by atoms with Gasteiger partial charge in [-0.3, -0.25) is 0 Å². The third kappa shape index (κ3) is 1.30. The van der Waals surface area contributed by atoms with Crippen LogP contribution in [0.4, 0.5) is 0 Å². The molecule has 1 rings (SSSR count). The zero-order valence-electron chi connectivity index (χ0n) is 8.91. The first-order valence-corrected chi connectivity index (χ1v) is 5.71. The van der Waals surface area contributed by atoms with E-state index in [0.717, 1.165) is 0 Å². The molecular weight excluding hydrogens is 100 g/mol. The predicted molar refractivity (Wildman–Crippen MR) is 36.3 cm³/mol. The van der Waals surface area contributed by atoms with Crippen molar-refractivity contribution in [2.45, 2.75) is 37.9 Å². The molecule has 0 aromatic carbocycles. The maximum atomic E-state index is 7.63. The van der Waals surface area contributed by atoms with Gasteiger partial charge in [-0.15, -0.1) is 0 Å². The second-order valence-electron chi connectivity index (χ2n) is 2.48. The van der Waals surface area contributed by atoms with Crippen LogP contribution in [0.2, 0.25) is 25.1 Å². The average Bonchev–Trinajstić information content (AvgIpc) is 1.93. The molecule has 7 heavy (non-hydrogen) atoms. The molecule has 0 unspecified atom stereocenters. The van der Waals surface area contributed by atoms with E-state index in [2.05, 4.69) is 0 Å². The summed E-state index contributed by atoms with van der Waals surface area (Å²) in [5, 5.41) is 0. The Morgan fingerprint density at radius 1 is 1.29 bits per heavy atom. The van der Waals surface area contributed by atoms with Crippen molar-refractivity contribution in [1.29, 1.82) is 0 Å². The SMILES string of the molecule is [2H]C1([2H])CCC([2H])([2H])[Si]1(C)C. The first-order chi connectivity index (χ1) is 4.71. The first-order valence-electron chi connectivity index (χ1n) is 4.71. The normalized spacial score (nSPS) is 51.1. The first kappa shape index (κ1) is 2.22. The summed E-state index contributed by atoms with van der Waals surface area (Å²) in [6.45, 7) is 3.61. The highest BCUT2D eigenvalue weighted by molar-refractivity contribution is 6.77. The summed E-state index contributed by atoms with van der Waals surface area (Å²) in [6, 6.07) is 0. The summed E-state index contributed by atoms with van der Waals surface area (Å²) < 4.78 is 30.5. The second-order valence-corrected chi connectivity index (χ2v) is 6.44. The number of rotatable bonds is 0. The Labute approximate surface area is 52.6 Å². The Kier molecular flexibility index (Phi) is 0.513. The van der Waals surface area contributed by atoms with Gasteiger partial charge in [0.1, 0.15) is 0 Å². The van der Waals surface area contributed by atoms with Crippen molar-refractivity contribution in [3.63, 3.8) is 0 Å². The van der Waals surface area contributed by atoms with E-state index in [4.69, 9.17) is 5.48 Å². The Morgan fingerprint density at radius 2 is 1.71 bits per heavy atom. The molecular formula is C6H14Si. The lowest BCUT2D eigenvalue weighted by Gasteiger charge is -2.10. The van der Waals surface area contributed by atoms with E-state index >= 15 is 0 Å². The number of hydrogen-bond donors (Lipinski definition) is 0. The highest BCUT2D eigenvalue weighted by Gasteiger charge is 2.24. The molecule has 0 amide bonds. The fourth-order valence-electron chi connectivity index (χ4n) is 0.812. The van der Waals surface area contributed by atoms with Gasteiger partial charge in [0.15, 0.2) is 0 Å². The monoisotopic (exact) mass is 118 g/mol. The van der Waals surface area contributed by atoms with Crippen LogP contribution in [0.1, 0.15) is 18.3 Å². The van der Waals surface area contributed by atoms with Crippen molar-refractivity contribution in [2.24, 2.45) is 0 Å². The molecule has 0 aliphatic carbocycles. The fourth-order valence-corrected chi connectivity index (χ4v) is 2.44. The molecule has 1 heteroatoms. The standard InChI is InChI=1S/C6H14Si/c1-7(2)5-3-4-6-7/h3-6H2,1-2H3/i5D2,6D2. The molecule has 42 valence electrons. The second kappa shape index (κ2) is 1.62. The molecule has 1 fully saturated rings. The Bertz CT molecular complexity index is 157. The van der Waals surface area contributed by atoms with Gasteiger partial charge >= 0.3 is 0 Å². The molecule has 0 nitrogen and oxygen atoms in total. The van der Waals surface area contributed by atoms with Crippen molar-refractivity contribution in [3.05, 3.63) is 0 Å². The highest BCUT2D eigenvalue weighted by atomic mass is 28.3. The lowest BCUT2D eigenvalue weighted by Crippen LogP contribution is -2.17. The van der Waals surface area contributed by atoms with E-state index < -0.39 is 20.1 Å². The minimum Gasteiger partial charge on any atom is -0.0693 e. The maximum Gasteiger partial charge on any atom is 0.0473 e. The van der Waals surface area contributed by atoms with Gasteiger partial charge in [0.2, 0.25) is 0 Å². The topological polar surface area (TPSA) is 0 Å². The predicted octanol–water partition coefficient (Wildman–Crippen LogP) is 2.49. The summed E-state index contributed by atoms with van der Waals surface area (Å²) in [4.78, 5) is 0. The lowest BCUT2D eigenvalue weighted by atomic mass is 10.4. The molecule has 0 radical (unpaired) electrons. The zero-order valence-corrected chi connectivity index (χ0v) is 5.91. The summed E-state index contributed by atoms with van der Waals surface area (Å²) >= 11 is 0. The molecule has 0 aromatic rings. The lowest BCUT2D eigenvalue weighted by molar-refractivity contribution is 0.935. The van der Waals surface area contributed by atoms with E-state index in [9.17, 15) is 0 Å². The van der Waals surface area contributed by atoms with E-state index in [-0.39, 0.29) is 0 Å². The van der Waals surface area contributed by atoms with Gasteiger partial charge in [-0.1, -0.05) is 37.9 Å². The van der Waals surface area contributed by atoms with Gasteiger partial charge in [0.25, 0.3) is 0 Å². The van der Waals surface area contributed by atoms with E-state index in [1.54, 1.807) is 13.1 Å². The molecule has 1 heterocycles. The molecule has 0 aromatic heterocycles. The third-order valence-electron chi connectivity index (χ3n) is 1.26. The zero-order chi connectivity index (χ0) is 8.91. The summed E-state index contributed by atoms with van der Waals surface area (Å²) in [5.41, 5.74) is 0. The van der Waals surface area contributed by atoms with E-state index in [1.165, 1.54) is 0 Å². The average molecular weight is 118 g/mol.